The smallest absolute Gasteiger partial charge is 0.162 e. The number of nitrogens with zero attached hydrogens (tertiary/aromatic N) is 2. The van der Waals surface area contributed by atoms with Gasteiger partial charge in [0.2, 0.25) is 0 Å². The highest BCUT2D eigenvalue weighted by molar-refractivity contribution is 7.11. The van der Waals surface area contributed by atoms with Crippen LogP contribution < -0.4 is 5.32 Å². The summed E-state index contributed by atoms with van der Waals surface area (Å²) in [7, 11) is 1.86. The van der Waals surface area contributed by atoms with Crippen molar-refractivity contribution in [2.45, 2.75) is 25.8 Å². The van der Waals surface area contributed by atoms with Crippen LogP contribution in [0.5, 0.6) is 0 Å². The second-order valence-corrected chi connectivity index (χ2v) is 5.27. The van der Waals surface area contributed by atoms with Crippen LogP contribution in [0.4, 0.5) is 8.78 Å². The van der Waals surface area contributed by atoms with Crippen LogP contribution in [0.15, 0.2) is 18.2 Å². The Hall–Kier alpha value is -1.40. The van der Waals surface area contributed by atoms with Gasteiger partial charge in [0.05, 0.1) is 6.04 Å². The van der Waals surface area contributed by atoms with E-state index in [0.717, 1.165) is 17.5 Å². The Morgan fingerprint density at radius 2 is 2.11 bits per heavy atom. The molecule has 19 heavy (non-hydrogen) atoms. The van der Waals surface area contributed by atoms with Crippen LogP contribution in [-0.2, 0) is 6.42 Å². The number of hydrogen-bond donors (Lipinski definition) is 1. The summed E-state index contributed by atoms with van der Waals surface area (Å²) >= 11 is 1.43. The van der Waals surface area contributed by atoms with E-state index in [9.17, 15) is 8.78 Å². The number of hydrogen-bond acceptors (Lipinski definition) is 4. The topological polar surface area (TPSA) is 37.8 Å². The lowest BCUT2D eigenvalue weighted by molar-refractivity contribution is 0.500. The molecule has 2 aromatic rings. The summed E-state index contributed by atoms with van der Waals surface area (Å²) in [5.74, 6) is -1.64. The Kier molecular flexibility index (Phi) is 4.55. The highest BCUT2D eigenvalue weighted by Gasteiger charge is 2.15. The Bertz CT molecular complexity index is 553. The molecule has 1 aromatic heterocycles. The standard InChI is InChI=1S/C13H15F2N3S/c1-3-10(16-2)13-18-17-11(19-13)7-8-5-4-6-9(14)12(8)15/h4-6,10,16H,3,7H2,1-2H3. The van der Waals surface area contributed by atoms with E-state index in [1.807, 2.05) is 7.05 Å². The SMILES string of the molecule is CCC(NC)c1nnc(Cc2cccc(F)c2F)s1. The minimum atomic E-state index is -0.830. The van der Waals surface area contributed by atoms with E-state index in [-0.39, 0.29) is 12.5 Å². The third kappa shape index (κ3) is 3.13. The molecule has 0 aliphatic heterocycles. The molecule has 102 valence electrons. The molecular weight excluding hydrogens is 268 g/mol. The molecule has 0 spiro atoms. The van der Waals surface area contributed by atoms with E-state index < -0.39 is 11.6 Å². The van der Waals surface area contributed by atoms with Crippen molar-refractivity contribution < 1.29 is 8.78 Å². The van der Waals surface area contributed by atoms with Crippen molar-refractivity contribution in [3.8, 4) is 0 Å². The molecule has 0 radical (unpaired) electrons. The van der Waals surface area contributed by atoms with Gasteiger partial charge in [-0.2, -0.15) is 0 Å². The molecule has 3 nitrogen and oxygen atoms in total. The number of aromatic nitrogens is 2. The summed E-state index contributed by atoms with van der Waals surface area (Å²) in [5, 5.41) is 12.8. The second kappa shape index (κ2) is 6.16. The molecule has 1 atom stereocenters. The zero-order valence-electron chi connectivity index (χ0n) is 10.8. The summed E-state index contributed by atoms with van der Waals surface area (Å²) in [6, 6.07) is 4.33. The largest absolute Gasteiger partial charge is 0.311 e. The number of benzene rings is 1. The lowest BCUT2D eigenvalue weighted by atomic mass is 10.1. The average molecular weight is 283 g/mol. The maximum Gasteiger partial charge on any atom is 0.162 e. The van der Waals surface area contributed by atoms with Gasteiger partial charge in [0.25, 0.3) is 0 Å². The minimum Gasteiger partial charge on any atom is -0.311 e. The molecule has 0 fully saturated rings. The van der Waals surface area contributed by atoms with Crippen molar-refractivity contribution in [1.82, 2.24) is 15.5 Å². The average Bonchev–Trinajstić information content (AvgIpc) is 2.85. The van der Waals surface area contributed by atoms with Crippen molar-refractivity contribution in [3.63, 3.8) is 0 Å². The highest BCUT2D eigenvalue weighted by atomic mass is 32.1. The van der Waals surface area contributed by atoms with Gasteiger partial charge < -0.3 is 5.32 Å². The van der Waals surface area contributed by atoms with Crippen molar-refractivity contribution >= 4 is 11.3 Å². The number of rotatable bonds is 5. The maximum atomic E-state index is 13.6. The van der Waals surface area contributed by atoms with E-state index >= 15 is 0 Å². The van der Waals surface area contributed by atoms with E-state index in [1.54, 1.807) is 6.07 Å². The van der Waals surface area contributed by atoms with Crippen LogP contribution >= 0.6 is 11.3 Å². The highest BCUT2D eigenvalue weighted by Crippen LogP contribution is 2.23. The second-order valence-electron chi connectivity index (χ2n) is 4.17. The first-order valence-electron chi connectivity index (χ1n) is 6.08. The van der Waals surface area contributed by atoms with Crippen LogP contribution in [0, 0.1) is 11.6 Å². The summed E-state index contributed by atoms with van der Waals surface area (Å²) < 4.78 is 26.7. The Labute approximate surface area is 114 Å². The first kappa shape index (κ1) is 14.0. The molecule has 1 aromatic carbocycles. The van der Waals surface area contributed by atoms with Crippen molar-refractivity contribution in [2.24, 2.45) is 0 Å². The lowest BCUT2D eigenvalue weighted by Gasteiger charge is -2.08. The quantitative estimate of drug-likeness (QED) is 0.916. The summed E-state index contributed by atoms with van der Waals surface area (Å²) in [4.78, 5) is 0. The molecule has 0 aliphatic rings. The maximum absolute atomic E-state index is 13.6. The van der Waals surface area contributed by atoms with Gasteiger partial charge in [-0.25, -0.2) is 8.78 Å². The predicted molar refractivity (Wildman–Crippen MR) is 71.2 cm³/mol. The van der Waals surface area contributed by atoms with Gasteiger partial charge in [-0.05, 0) is 25.1 Å². The molecule has 6 heteroatoms. The van der Waals surface area contributed by atoms with E-state index in [4.69, 9.17) is 0 Å². The normalized spacial score (nSPS) is 12.6. The third-order valence-electron chi connectivity index (χ3n) is 2.91. The molecule has 0 aliphatic carbocycles. The number of nitrogens with one attached hydrogen (secondary N) is 1. The molecule has 0 bridgehead atoms. The van der Waals surface area contributed by atoms with Crippen molar-refractivity contribution in [3.05, 3.63) is 45.4 Å². The van der Waals surface area contributed by atoms with Gasteiger partial charge in [-0.3, -0.25) is 0 Å². The molecule has 1 N–H and O–H groups in total. The first-order chi connectivity index (χ1) is 9.15. The van der Waals surface area contributed by atoms with Gasteiger partial charge in [-0.1, -0.05) is 30.4 Å². The van der Waals surface area contributed by atoms with E-state index in [0.29, 0.717) is 10.6 Å². The molecule has 2 rings (SSSR count). The fraction of sp³-hybridized carbons (Fsp3) is 0.385. The zero-order chi connectivity index (χ0) is 13.8. The molecule has 0 amide bonds. The van der Waals surface area contributed by atoms with Crippen LogP contribution in [0.25, 0.3) is 0 Å². The lowest BCUT2D eigenvalue weighted by Crippen LogP contribution is -2.14. The van der Waals surface area contributed by atoms with Crippen LogP contribution in [0.1, 0.15) is 35.0 Å². The summed E-state index contributed by atoms with van der Waals surface area (Å²) in [5.41, 5.74) is 0.306. The molecule has 0 saturated carbocycles. The van der Waals surface area contributed by atoms with E-state index in [1.165, 1.54) is 17.4 Å². The Balaban J connectivity index is 2.18. The Morgan fingerprint density at radius 1 is 1.32 bits per heavy atom. The third-order valence-corrected chi connectivity index (χ3v) is 3.95. The molecule has 1 heterocycles. The predicted octanol–water partition coefficient (Wildman–Crippen LogP) is 3.08. The monoisotopic (exact) mass is 283 g/mol. The van der Waals surface area contributed by atoms with Crippen molar-refractivity contribution in [2.75, 3.05) is 7.05 Å². The minimum absolute atomic E-state index is 0.156. The summed E-state index contributed by atoms with van der Waals surface area (Å²) in [6.07, 6.45) is 1.17. The number of halogens is 2. The molecule has 0 saturated heterocycles. The fourth-order valence-electron chi connectivity index (χ4n) is 1.83. The van der Waals surface area contributed by atoms with Gasteiger partial charge in [0.15, 0.2) is 11.6 Å². The molecule has 1 unspecified atom stereocenters. The zero-order valence-corrected chi connectivity index (χ0v) is 11.6. The fourth-order valence-corrected chi connectivity index (χ4v) is 2.89. The van der Waals surface area contributed by atoms with E-state index in [2.05, 4.69) is 22.4 Å². The van der Waals surface area contributed by atoms with Gasteiger partial charge in [0.1, 0.15) is 10.0 Å². The van der Waals surface area contributed by atoms with Crippen molar-refractivity contribution in [1.29, 1.82) is 0 Å². The van der Waals surface area contributed by atoms with Crippen LogP contribution in [0.2, 0.25) is 0 Å². The van der Waals surface area contributed by atoms with Gasteiger partial charge in [0, 0.05) is 6.42 Å². The molecular formula is C13H15F2N3S. The van der Waals surface area contributed by atoms with Crippen LogP contribution in [-0.4, -0.2) is 17.2 Å². The van der Waals surface area contributed by atoms with Gasteiger partial charge >= 0.3 is 0 Å². The first-order valence-corrected chi connectivity index (χ1v) is 6.89. The Morgan fingerprint density at radius 3 is 2.79 bits per heavy atom. The summed E-state index contributed by atoms with van der Waals surface area (Å²) in [6.45, 7) is 2.05. The van der Waals surface area contributed by atoms with Gasteiger partial charge in [-0.15, -0.1) is 10.2 Å². The van der Waals surface area contributed by atoms with Crippen LogP contribution in [0.3, 0.4) is 0 Å².